The molecule has 0 atom stereocenters. The number of nitro groups is 1. The van der Waals surface area contributed by atoms with E-state index in [9.17, 15) is 20.0 Å². The molecule has 9 heteroatoms. The molecule has 3 heterocycles. The molecule has 27 heavy (non-hydrogen) atoms. The van der Waals surface area contributed by atoms with Crippen molar-refractivity contribution in [3.63, 3.8) is 0 Å². The van der Waals surface area contributed by atoms with E-state index in [1.807, 2.05) is 4.90 Å². The number of phenols is 1. The van der Waals surface area contributed by atoms with E-state index >= 15 is 0 Å². The number of rotatable bonds is 4. The zero-order valence-electron chi connectivity index (χ0n) is 14.2. The Hall–Kier alpha value is -3.46. The monoisotopic (exact) mass is 368 g/mol. The van der Waals surface area contributed by atoms with Gasteiger partial charge >= 0.3 is 5.69 Å². The molecule has 0 aliphatic carbocycles. The molecular weight excluding hydrogens is 352 g/mol. The number of furan rings is 1. The summed E-state index contributed by atoms with van der Waals surface area (Å²) in [6, 6.07) is 7.75. The lowest BCUT2D eigenvalue weighted by atomic mass is 10.1. The van der Waals surface area contributed by atoms with Crippen molar-refractivity contribution in [1.82, 2.24) is 14.9 Å². The number of nitrogens with zero attached hydrogens (tertiary/aromatic N) is 3. The Kier molecular flexibility index (Phi) is 4.21. The summed E-state index contributed by atoms with van der Waals surface area (Å²) in [6.07, 6.45) is 2.13. The van der Waals surface area contributed by atoms with Crippen molar-refractivity contribution in [1.29, 1.82) is 0 Å². The SMILES string of the molecule is O=c1[nH]c(-c2ccco2)nc2c1CN(Cc1ccc([N+](=O)[O-])c(O)c1)CC2. The van der Waals surface area contributed by atoms with Crippen LogP contribution < -0.4 is 5.56 Å². The van der Waals surface area contributed by atoms with E-state index in [1.165, 1.54) is 18.4 Å². The molecule has 1 aliphatic heterocycles. The van der Waals surface area contributed by atoms with Crippen LogP contribution in [0.2, 0.25) is 0 Å². The normalized spacial score (nSPS) is 14.1. The lowest BCUT2D eigenvalue weighted by Crippen LogP contribution is -2.35. The van der Waals surface area contributed by atoms with Gasteiger partial charge in [-0.1, -0.05) is 6.07 Å². The fourth-order valence-electron chi connectivity index (χ4n) is 3.23. The van der Waals surface area contributed by atoms with Gasteiger partial charge in [0.2, 0.25) is 0 Å². The third-order valence-electron chi connectivity index (χ3n) is 4.54. The van der Waals surface area contributed by atoms with Crippen LogP contribution >= 0.6 is 0 Å². The molecule has 0 saturated carbocycles. The maximum absolute atomic E-state index is 12.5. The lowest BCUT2D eigenvalue weighted by molar-refractivity contribution is -0.385. The average Bonchev–Trinajstić information content (AvgIpc) is 3.16. The molecule has 0 saturated heterocycles. The summed E-state index contributed by atoms with van der Waals surface area (Å²) in [5.74, 6) is 0.564. The number of aromatic nitrogens is 2. The van der Waals surface area contributed by atoms with Crippen LogP contribution in [0.1, 0.15) is 16.8 Å². The third kappa shape index (κ3) is 3.32. The van der Waals surface area contributed by atoms with Gasteiger partial charge in [0.05, 0.1) is 22.4 Å². The summed E-state index contributed by atoms with van der Waals surface area (Å²) in [5.41, 5.74) is 1.55. The highest BCUT2D eigenvalue weighted by atomic mass is 16.6. The molecule has 1 aliphatic rings. The molecule has 0 radical (unpaired) electrons. The Morgan fingerprint density at radius 3 is 2.93 bits per heavy atom. The van der Waals surface area contributed by atoms with Gasteiger partial charge in [0, 0.05) is 32.1 Å². The number of aromatic hydroxyl groups is 1. The second-order valence-electron chi connectivity index (χ2n) is 6.36. The summed E-state index contributed by atoms with van der Waals surface area (Å²) in [4.78, 5) is 31.9. The van der Waals surface area contributed by atoms with Crippen molar-refractivity contribution < 1.29 is 14.4 Å². The predicted molar refractivity (Wildman–Crippen MR) is 95.1 cm³/mol. The molecule has 2 N–H and O–H groups in total. The molecular formula is C18H16N4O5. The number of fused-ring (bicyclic) bond motifs is 1. The van der Waals surface area contributed by atoms with Crippen molar-refractivity contribution in [3.8, 4) is 17.3 Å². The molecule has 2 aromatic heterocycles. The molecule has 9 nitrogen and oxygen atoms in total. The molecule has 4 rings (SSSR count). The molecule has 0 unspecified atom stereocenters. The Balaban J connectivity index is 1.54. The van der Waals surface area contributed by atoms with Crippen molar-refractivity contribution in [3.05, 3.63) is 73.9 Å². The van der Waals surface area contributed by atoms with E-state index in [1.54, 1.807) is 18.2 Å². The van der Waals surface area contributed by atoms with Crippen LogP contribution in [-0.4, -0.2) is 31.4 Å². The minimum Gasteiger partial charge on any atom is -0.502 e. The average molecular weight is 368 g/mol. The van der Waals surface area contributed by atoms with Gasteiger partial charge in [-0.3, -0.25) is 19.8 Å². The summed E-state index contributed by atoms with van der Waals surface area (Å²) in [7, 11) is 0. The quantitative estimate of drug-likeness (QED) is 0.534. The van der Waals surface area contributed by atoms with Gasteiger partial charge in [-0.05, 0) is 23.8 Å². The summed E-state index contributed by atoms with van der Waals surface area (Å²) in [5, 5.41) is 20.6. The number of nitrogens with one attached hydrogen (secondary N) is 1. The zero-order chi connectivity index (χ0) is 19.0. The second-order valence-corrected chi connectivity index (χ2v) is 6.36. The Morgan fingerprint density at radius 1 is 1.37 bits per heavy atom. The topological polar surface area (TPSA) is 126 Å². The number of hydrogen-bond acceptors (Lipinski definition) is 7. The van der Waals surface area contributed by atoms with E-state index in [-0.39, 0.29) is 17.0 Å². The zero-order valence-corrected chi connectivity index (χ0v) is 14.2. The van der Waals surface area contributed by atoms with Crippen molar-refractivity contribution in [2.45, 2.75) is 19.5 Å². The molecule has 138 valence electrons. The molecule has 0 amide bonds. The van der Waals surface area contributed by atoms with Crippen LogP contribution in [0.5, 0.6) is 5.75 Å². The molecule has 0 fully saturated rings. The fourth-order valence-corrected chi connectivity index (χ4v) is 3.23. The minimum absolute atomic E-state index is 0.206. The van der Waals surface area contributed by atoms with Crippen molar-refractivity contribution in [2.24, 2.45) is 0 Å². The lowest BCUT2D eigenvalue weighted by Gasteiger charge is -2.27. The van der Waals surface area contributed by atoms with Crippen LogP contribution in [0.3, 0.4) is 0 Å². The largest absolute Gasteiger partial charge is 0.502 e. The van der Waals surface area contributed by atoms with Crippen LogP contribution in [0.25, 0.3) is 11.6 Å². The third-order valence-corrected chi connectivity index (χ3v) is 4.54. The smallest absolute Gasteiger partial charge is 0.310 e. The van der Waals surface area contributed by atoms with Gasteiger partial charge in [-0.15, -0.1) is 0 Å². The summed E-state index contributed by atoms with van der Waals surface area (Å²) >= 11 is 0. The summed E-state index contributed by atoms with van der Waals surface area (Å²) in [6.45, 7) is 1.55. The van der Waals surface area contributed by atoms with Gasteiger partial charge in [-0.25, -0.2) is 4.98 Å². The van der Waals surface area contributed by atoms with Crippen LogP contribution in [-0.2, 0) is 19.5 Å². The highest BCUT2D eigenvalue weighted by molar-refractivity contribution is 5.48. The first-order chi connectivity index (χ1) is 13.0. The number of H-pyrrole nitrogens is 1. The first-order valence-electron chi connectivity index (χ1n) is 8.36. The predicted octanol–water partition coefficient (Wildman–Crippen LogP) is 2.20. The van der Waals surface area contributed by atoms with Crippen LogP contribution in [0.4, 0.5) is 5.69 Å². The van der Waals surface area contributed by atoms with E-state index < -0.39 is 4.92 Å². The van der Waals surface area contributed by atoms with E-state index in [4.69, 9.17) is 4.42 Å². The number of aromatic amines is 1. The van der Waals surface area contributed by atoms with E-state index in [2.05, 4.69) is 9.97 Å². The first-order valence-corrected chi connectivity index (χ1v) is 8.36. The van der Waals surface area contributed by atoms with E-state index in [0.29, 0.717) is 43.2 Å². The first kappa shape index (κ1) is 17.0. The van der Waals surface area contributed by atoms with Gasteiger partial charge in [0.15, 0.2) is 17.3 Å². The standard InChI is InChI=1S/C18H16N4O5/c23-15-8-11(3-4-14(15)22(25)26)9-21-6-5-13-12(10-21)18(24)20-17(19-13)16-2-1-7-27-16/h1-4,7-8,23H,5-6,9-10H2,(H,19,20,24). The van der Waals surface area contributed by atoms with Crippen molar-refractivity contribution in [2.75, 3.05) is 6.54 Å². The number of phenolic OH excluding ortho intramolecular Hbond substituents is 1. The van der Waals surface area contributed by atoms with Gasteiger partial charge in [-0.2, -0.15) is 0 Å². The highest BCUT2D eigenvalue weighted by Gasteiger charge is 2.23. The number of hydrogen-bond donors (Lipinski definition) is 2. The highest BCUT2D eigenvalue weighted by Crippen LogP contribution is 2.27. The van der Waals surface area contributed by atoms with Gasteiger partial charge < -0.3 is 14.5 Å². The Morgan fingerprint density at radius 2 is 2.22 bits per heavy atom. The maximum Gasteiger partial charge on any atom is 0.310 e. The van der Waals surface area contributed by atoms with Gasteiger partial charge in [0.1, 0.15) is 0 Å². The van der Waals surface area contributed by atoms with Crippen LogP contribution in [0, 0.1) is 10.1 Å². The second kappa shape index (κ2) is 6.69. The van der Waals surface area contributed by atoms with Crippen LogP contribution in [0.15, 0.2) is 45.8 Å². The maximum atomic E-state index is 12.5. The number of benzene rings is 1. The Labute approximate surface area is 153 Å². The molecule has 3 aromatic rings. The fraction of sp³-hybridized carbons (Fsp3) is 0.222. The summed E-state index contributed by atoms with van der Waals surface area (Å²) < 4.78 is 5.29. The van der Waals surface area contributed by atoms with E-state index in [0.717, 1.165) is 11.3 Å². The molecule has 0 bridgehead atoms. The van der Waals surface area contributed by atoms with Crippen molar-refractivity contribution >= 4 is 5.69 Å². The number of nitro benzene ring substituents is 1. The minimum atomic E-state index is -0.627. The molecule has 1 aromatic carbocycles. The Bertz CT molecular complexity index is 1060. The van der Waals surface area contributed by atoms with Gasteiger partial charge in [0.25, 0.3) is 5.56 Å². The molecule has 0 spiro atoms.